The van der Waals surface area contributed by atoms with Crippen LogP contribution >= 0.6 is 0 Å². The predicted molar refractivity (Wildman–Crippen MR) is 128 cm³/mol. The monoisotopic (exact) mass is 473 g/mol. The highest BCUT2D eigenvalue weighted by molar-refractivity contribution is 7.89. The van der Waals surface area contributed by atoms with Crippen molar-refractivity contribution in [2.45, 2.75) is 50.7 Å². The highest BCUT2D eigenvalue weighted by atomic mass is 32.2. The Bertz CT molecular complexity index is 1110. The molecule has 2 aliphatic rings. The molecule has 1 N–H and O–H groups in total. The molecule has 8 nitrogen and oxygen atoms in total. The van der Waals surface area contributed by atoms with Gasteiger partial charge in [-0.3, -0.25) is 4.79 Å². The molecule has 2 aromatic rings. The van der Waals surface area contributed by atoms with Crippen LogP contribution < -0.4 is 19.7 Å². The molecule has 2 heterocycles. The zero-order chi connectivity index (χ0) is 23.6. The van der Waals surface area contributed by atoms with Crippen LogP contribution in [-0.2, 0) is 14.8 Å². The summed E-state index contributed by atoms with van der Waals surface area (Å²) in [5.41, 5.74) is 1.27. The summed E-state index contributed by atoms with van der Waals surface area (Å²) in [5.74, 6) is 0.724. The fourth-order valence-corrected chi connectivity index (χ4v) is 5.82. The Morgan fingerprint density at radius 3 is 2.33 bits per heavy atom. The predicted octanol–water partition coefficient (Wildman–Crippen LogP) is 3.48. The Hall–Kier alpha value is -2.78. The van der Waals surface area contributed by atoms with E-state index in [0.29, 0.717) is 30.3 Å². The van der Waals surface area contributed by atoms with Crippen LogP contribution in [0.15, 0.2) is 47.4 Å². The van der Waals surface area contributed by atoms with Gasteiger partial charge in [-0.1, -0.05) is 26.0 Å². The number of ether oxygens (including phenoxy) is 2. The Kier molecular flexibility index (Phi) is 6.81. The van der Waals surface area contributed by atoms with Gasteiger partial charge in [-0.25, -0.2) is 8.42 Å². The van der Waals surface area contributed by atoms with Gasteiger partial charge in [0.05, 0.1) is 16.3 Å². The Labute approximate surface area is 195 Å². The maximum atomic E-state index is 13.3. The molecule has 1 fully saturated rings. The first-order valence-corrected chi connectivity index (χ1v) is 12.9. The number of fused-ring (bicyclic) bond motifs is 1. The number of para-hydroxylation sites is 2. The average molecular weight is 474 g/mol. The molecule has 9 heteroatoms. The van der Waals surface area contributed by atoms with Gasteiger partial charge >= 0.3 is 0 Å². The van der Waals surface area contributed by atoms with Gasteiger partial charge < -0.3 is 19.7 Å². The molecule has 0 aliphatic carbocycles. The van der Waals surface area contributed by atoms with Gasteiger partial charge in [0.25, 0.3) is 5.91 Å². The lowest BCUT2D eigenvalue weighted by Gasteiger charge is -2.31. The van der Waals surface area contributed by atoms with E-state index in [1.54, 1.807) is 37.3 Å². The first kappa shape index (κ1) is 23.4. The van der Waals surface area contributed by atoms with Crippen LogP contribution in [0.5, 0.6) is 11.5 Å². The molecular formula is C24H31N3O5S. The number of benzene rings is 2. The van der Waals surface area contributed by atoms with Gasteiger partial charge in [-0.05, 0) is 50.1 Å². The molecule has 0 aromatic heterocycles. The number of sulfonamides is 1. The number of amides is 1. The molecule has 0 saturated carbocycles. The van der Waals surface area contributed by atoms with Gasteiger partial charge in [0.2, 0.25) is 16.1 Å². The lowest BCUT2D eigenvalue weighted by atomic mass is 10.1. The van der Waals surface area contributed by atoms with E-state index in [9.17, 15) is 13.2 Å². The van der Waals surface area contributed by atoms with Gasteiger partial charge in [0, 0.05) is 26.2 Å². The molecule has 2 aliphatic heterocycles. The molecule has 4 rings (SSSR count). The van der Waals surface area contributed by atoms with Crippen molar-refractivity contribution in [3.8, 4) is 11.5 Å². The molecule has 2 atom stereocenters. The maximum Gasteiger partial charge on any atom is 0.269 e. The summed E-state index contributed by atoms with van der Waals surface area (Å²) in [6, 6.07) is 12.2. The molecule has 0 unspecified atom stereocenters. The van der Waals surface area contributed by atoms with E-state index in [2.05, 4.69) is 10.2 Å². The molecule has 0 radical (unpaired) electrons. The average Bonchev–Trinajstić information content (AvgIpc) is 3.34. The summed E-state index contributed by atoms with van der Waals surface area (Å²) >= 11 is 0. The second kappa shape index (κ2) is 9.61. The first-order valence-electron chi connectivity index (χ1n) is 11.5. The molecular weight excluding hydrogens is 442 g/mol. The van der Waals surface area contributed by atoms with Crippen molar-refractivity contribution < 1.29 is 22.7 Å². The zero-order valence-electron chi connectivity index (χ0n) is 19.3. The second-order valence-corrected chi connectivity index (χ2v) is 10.2. The minimum absolute atomic E-state index is 0.156. The van der Waals surface area contributed by atoms with E-state index >= 15 is 0 Å². The van der Waals surface area contributed by atoms with Crippen LogP contribution in [0, 0.1) is 0 Å². The van der Waals surface area contributed by atoms with Gasteiger partial charge in [-0.15, -0.1) is 0 Å². The number of nitrogens with one attached hydrogen (secondary N) is 1. The number of hydrogen-bond acceptors (Lipinski definition) is 6. The Morgan fingerprint density at radius 2 is 1.70 bits per heavy atom. The minimum Gasteiger partial charge on any atom is -0.482 e. The van der Waals surface area contributed by atoms with Crippen LogP contribution in [-0.4, -0.2) is 57.0 Å². The van der Waals surface area contributed by atoms with E-state index in [4.69, 9.17) is 9.47 Å². The summed E-state index contributed by atoms with van der Waals surface area (Å²) in [6.45, 7) is 7.86. The smallest absolute Gasteiger partial charge is 0.269 e. The number of rotatable bonds is 7. The number of carbonyl (C=O) groups is 1. The minimum atomic E-state index is -3.67. The lowest BCUT2D eigenvalue weighted by molar-refractivity contribution is -0.128. The van der Waals surface area contributed by atoms with E-state index < -0.39 is 22.2 Å². The quantitative estimate of drug-likeness (QED) is 0.662. The van der Waals surface area contributed by atoms with Crippen LogP contribution in [0.1, 0.15) is 33.6 Å². The van der Waals surface area contributed by atoms with E-state index in [1.807, 2.05) is 26.0 Å². The van der Waals surface area contributed by atoms with E-state index in [1.165, 1.54) is 4.31 Å². The van der Waals surface area contributed by atoms with Crippen molar-refractivity contribution in [1.29, 1.82) is 0 Å². The fraction of sp³-hybridized carbons (Fsp3) is 0.458. The van der Waals surface area contributed by atoms with Gasteiger partial charge in [0.1, 0.15) is 6.10 Å². The van der Waals surface area contributed by atoms with Crippen molar-refractivity contribution in [2.24, 2.45) is 0 Å². The first-order chi connectivity index (χ1) is 15.8. The van der Waals surface area contributed by atoms with Crippen molar-refractivity contribution in [2.75, 3.05) is 36.4 Å². The van der Waals surface area contributed by atoms with Crippen molar-refractivity contribution in [3.05, 3.63) is 42.5 Å². The largest absolute Gasteiger partial charge is 0.482 e. The van der Waals surface area contributed by atoms with E-state index in [-0.39, 0.29) is 10.8 Å². The Balaban J connectivity index is 1.65. The van der Waals surface area contributed by atoms with Crippen molar-refractivity contribution >= 4 is 27.3 Å². The molecule has 1 amide bonds. The van der Waals surface area contributed by atoms with Crippen LogP contribution in [0.2, 0.25) is 0 Å². The molecule has 0 bridgehead atoms. The lowest BCUT2D eigenvalue weighted by Crippen LogP contribution is -2.46. The van der Waals surface area contributed by atoms with Crippen LogP contribution in [0.25, 0.3) is 0 Å². The molecule has 178 valence electrons. The summed E-state index contributed by atoms with van der Waals surface area (Å²) in [6.07, 6.45) is 0.743. The highest BCUT2D eigenvalue weighted by Crippen LogP contribution is 2.35. The number of carbonyl (C=O) groups excluding carboxylic acids is 1. The number of anilines is 2. The third kappa shape index (κ3) is 4.65. The Morgan fingerprint density at radius 1 is 1.06 bits per heavy atom. The van der Waals surface area contributed by atoms with Gasteiger partial charge in [0.15, 0.2) is 11.5 Å². The van der Waals surface area contributed by atoms with Gasteiger partial charge in [-0.2, -0.15) is 4.31 Å². The summed E-state index contributed by atoms with van der Waals surface area (Å²) < 4.78 is 39.4. The summed E-state index contributed by atoms with van der Waals surface area (Å²) in [4.78, 5) is 15.6. The van der Waals surface area contributed by atoms with Crippen LogP contribution in [0.3, 0.4) is 0 Å². The number of nitrogens with zero attached hydrogens (tertiary/aromatic N) is 2. The van der Waals surface area contributed by atoms with Crippen molar-refractivity contribution in [1.82, 2.24) is 4.31 Å². The van der Waals surface area contributed by atoms with Crippen molar-refractivity contribution in [3.63, 3.8) is 0 Å². The maximum absolute atomic E-state index is 13.3. The zero-order valence-corrected chi connectivity index (χ0v) is 20.1. The number of hydrogen-bond donors (Lipinski definition) is 1. The fourth-order valence-electron chi connectivity index (χ4n) is 4.33. The highest BCUT2D eigenvalue weighted by Gasteiger charge is 2.35. The SMILES string of the molecule is CCN(CC)S(=O)(=O)c1ccc(N2CCCC2)c(NC(=O)[C@H]2Oc3ccccc3O[C@H]2C)c1. The third-order valence-electron chi connectivity index (χ3n) is 6.12. The normalized spacial score (nSPS) is 20.2. The standard InChI is InChI=1S/C24H31N3O5S/c1-4-27(5-2)33(29,30)18-12-13-20(26-14-8-9-15-26)19(16-18)25-24(28)23-17(3)31-21-10-6-7-11-22(21)32-23/h6-7,10-13,16-17,23H,4-5,8-9,14-15H2,1-3H3,(H,25,28)/t17-,23-/m0/s1. The molecule has 33 heavy (non-hydrogen) atoms. The topological polar surface area (TPSA) is 88.2 Å². The molecule has 0 spiro atoms. The molecule has 2 aromatic carbocycles. The summed E-state index contributed by atoms with van der Waals surface area (Å²) in [5, 5.41) is 2.94. The third-order valence-corrected chi connectivity index (χ3v) is 8.16. The molecule has 1 saturated heterocycles. The van der Waals surface area contributed by atoms with E-state index in [0.717, 1.165) is 31.6 Å². The van der Waals surface area contributed by atoms with Crippen LogP contribution in [0.4, 0.5) is 11.4 Å². The summed E-state index contributed by atoms with van der Waals surface area (Å²) in [7, 11) is -3.67. The second-order valence-electron chi connectivity index (χ2n) is 8.26.